The molecule has 1 N–H and O–H groups in total. The smallest absolute Gasteiger partial charge is 0.135 e. The maximum Gasteiger partial charge on any atom is 0.135 e. The van der Waals surface area contributed by atoms with E-state index >= 15 is 0 Å². The Kier molecular flexibility index (Phi) is 4.91. The molecule has 2 aromatic carbocycles. The minimum absolute atomic E-state index is 0.312. The van der Waals surface area contributed by atoms with Crippen LogP contribution in [0, 0.1) is 17.1 Å². The lowest BCUT2D eigenvalue weighted by Crippen LogP contribution is -2.40. The molecule has 0 heterocycles. The monoisotopic (exact) mass is 284 g/mol. The lowest BCUT2D eigenvalue weighted by atomic mass is 9.88. The van der Waals surface area contributed by atoms with E-state index < -0.39 is 5.54 Å². The maximum atomic E-state index is 13.1. The summed E-state index contributed by atoms with van der Waals surface area (Å²) in [5, 5.41) is 12.6. The van der Waals surface area contributed by atoms with Gasteiger partial charge in [-0.2, -0.15) is 5.26 Å². The van der Waals surface area contributed by atoms with Crippen LogP contribution in [-0.4, -0.2) is 13.7 Å². The summed E-state index contributed by atoms with van der Waals surface area (Å²) in [6.07, 6.45) is 0.459. The molecule has 1 atom stereocenters. The molecule has 0 spiro atoms. The molecule has 108 valence electrons. The van der Waals surface area contributed by atoms with E-state index in [1.807, 2.05) is 30.3 Å². The Labute approximate surface area is 124 Å². The molecule has 0 amide bonds. The van der Waals surface area contributed by atoms with Crippen LogP contribution in [0.15, 0.2) is 54.6 Å². The molecule has 0 radical (unpaired) electrons. The molecule has 0 saturated heterocycles. The van der Waals surface area contributed by atoms with Crippen molar-refractivity contribution < 1.29 is 9.13 Å². The lowest BCUT2D eigenvalue weighted by Gasteiger charge is -2.26. The average molecular weight is 284 g/mol. The third-order valence-corrected chi connectivity index (χ3v) is 3.43. The van der Waals surface area contributed by atoms with Gasteiger partial charge in [0.2, 0.25) is 0 Å². The van der Waals surface area contributed by atoms with Gasteiger partial charge in [0.05, 0.1) is 12.7 Å². The molecule has 0 aliphatic carbocycles. The zero-order valence-corrected chi connectivity index (χ0v) is 11.8. The Hall–Kier alpha value is -2.38. The van der Waals surface area contributed by atoms with E-state index in [-0.39, 0.29) is 5.82 Å². The highest BCUT2D eigenvalue weighted by Gasteiger charge is 2.30. The van der Waals surface area contributed by atoms with Gasteiger partial charge in [-0.15, -0.1) is 0 Å². The maximum absolute atomic E-state index is 13.1. The molecule has 2 rings (SSSR count). The van der Waals surface area contributed by atoms with Crippen LogP contribution in [0.25, 0.3) is 0 Å². The van der Waals surface area contributed by atoms with E-state index in [9.17, 15) is 9.65 Å². The molecule has 0 aliphatic rings. The minimum Gasteiger partial charge on any atom is -0.493 e. The van der Waals surface area contributed by atoms with Crippen molar-refractivity contribution in [3.05, 3.63) is 66.0 Å². The third-order valence-electron chi connectivity index (χ3n) is 3.43. The van der Waals surface area contributed by atoms with Gasteiger partial charge in [0.1, 0.15) is 17.1 Å². The number of hydrogen-bond acceptors (Lipinski definition) is 3. The Morgan fingerprint density at radius 2 is 1.95 bits per heavy atom. The third kappa shape index (κ3) is 3.59. The lowest BCUT2D eigenvalue weighted by molar-refractivity contribution is 0.265. The van der Waals surface area contributed by atoms with Crippen molar-refractivity contribution in [2.75, 3.05) is 13.7 Å². The Bertz CT molecular complexity index is 624. The van der Waals surface area contributed by atoms with Crippen molar-refractivity contribution in [1.29, 1.82) is 5.26 Å². The molecule has 4 heteroatoms. The van der Waals surface area contributed by atoms with Gasteiger partial charge >= 0.3 is 0 Å². The van der Waals surface area contributed by atoms with Crippen LogP contribution in [0.5, 0.6) is 5.75 Å². The molecule has 0 fully saturated rings. The van der Waals surface area contributed by atoms with Crippen molar-refractivity contribution in [2.45, 2.75) is 12.0 Å². The van der Waals surface area contributed by atoms with E-state index in [2.05, 4.69) is 11.4 Å². The predicted molar refractivity (Wildman–Crippen MR) is 79.3 cm³/mol. The number of halogens is 1. The summed E-state index contributed by atoms with van der Waals surface area (Å²) in [5.74, 6) is 0.127. The van der Waals surface area contributed by atoms with Crippen LogP contribution < -0.4 is 10.1 Å². The summed E-state index contributed by atoms with van der Waals surface area (Å²) in [6, 6.07) is 17.8. The van der Waals surface area contributed by atoms with Crippen LogP contribution in [0.2, 0.25) is 0 Å². The van der Waals surface area contributed by atoms with Crippen LogP contribution in [0.1, 0.15) is 12.0 Å². The molecule has 0 saturated carbocycles. The summed E-state index contributed by atoms with van der Waals surface area (Å²) in [4.78, 5) is 0. The van der Waals surface area contributed by atoms with Gasteiger partial charge in [-0.3, -0.25) is 5.32 Å². The number of benzene rings is 2. The number of ether oxygens (including phenoxy) is 1. The summed E-state index contributed by atoms with van der Waals surface area (Å²) >= 11 is 0. The van der Waals surface area contributed by atoms with E-state index in [0.717, 1.165) is 5.56 Å². The molecular formula is C17H17FN2O. The molecule has 1 unspecified atom stereocenters. The highest BCUT2D eigenvalue weighted by molar-refractivity contribution is 5.31. The van der Waals surface area contributed by atoms with Gasteiger partial charge in [-0.05, 0) is 24.7 Å². The quantitative estimate of drug-likeness (QED) is 0.885. The second-order valence-electron chi connectivity index (χ2n) is 4.69. The first-order valence-electron chi connectivity index (χ1n) is 6.74. The normalized spacial score (nSPS) is 13.2. The minimum atomic E-state index is -0.811. The van der Waals surface area contributed by atoms with Crippen LogP contribution in [0.4, 0.5) is 4.39 Å². The SMILES string of the molecule is CNC(C#N)(CCOc1cccc(F)c1)c1ccccc1. The van der Waals surface area contributed by atoms with E-state index in [4.69, 9.17) is 4.74 Å². The molecule has 2 aromatic rings. The van der Waals surface area contributed by atoms with Crippen LogP contribution in [0.3, 0.4) is 0 Å². The first-order chi connectivity index (χ1) is 10.2. The number of nitriles is 1. The predicted octanol–water partition coefficient (Wildman–Crippen LogP) is 3.23. The second-order valence-corrected chi connectivity index (χ2v) is 4.69. The van der Waals surface area contributed by atoms with Gasteiger partial charge in [0, 0.05) is 12.5 Å². The molecule has 3 nitrogen and oxygen atoms in total. The van der Waals surface area contributed by atoms with E-state index in [0.29, 0.717) is 18.8 Å². The van der Waals surface area contributed by atoms with Gasteiger partial charge < -0.3 is 4.74 Å². The van der Waals surface area contributed by atoms with Crippen LogP contribution >= 0.6 is 0 Å². The topological polar surface area (TPSA) is 45.0 Å². The number of hydrogen-bond donors (Lipinski definition) is 1. The Balaban J connectivity index is 2.06. The van der Waals surface area contributed by atoms with E-state index in [1.165, 1.54) is 12.1 Å². The summed E-state index contributed by atoms with van der Waals surface area (Å²) in [5.41, 5.74) is 0.0760. The largest absolute Gasteiger partial charge is 0.493 e. The zero-order valence-electron chi connectivity index (χ0n) is 11.8. The van der Waals surface area contributed by atoms with Crippen molar-refractivity contribution in [1.82, 2.24) is 5.32 Å². The van der Waals surface area contributed by atoms with Gasteiger partial charge in [-0.25, -0.2) is 4.39 Å². The van der Waals surface area contributed by atoms with Crippen molar-refractivity contribution >= 4 is 0 Å². The Morgan fingerprint density at radius 1 is 1.19 bits per heavy atom. The fourth-order valence-electron chi connectivity index (χ4n) is 2.19. The van der Waals surface area contributed by atoms with Crippen LogP contribution in [-0.2, 0) is 5.54 Å². The molecule has 0 bridgehead atoms. The fraction of sp³-hybridized carbons (Fsp3) is 0.235. The summed E-state index contributed by atoms with van der Waals surface area (Å²) in [6.45, 7) is 0.312. The number of nitrogens with one attached hydrogen (secondary N) is 1. The standard InChI is InChI=1S/C17H17FN2O/c1-20-17(13-19,14-6-3-2-4-7-14)10-11-21-16-9-5-8-15(18)12-16/h2-9,12,20H,10-11H2,1H3. The van der Waals surface area contributed by atoms with Crippen molar-refractivity contribution in [3.8, 4) is 11.8 Å². The average Bonchev–Trinajstić information content (AvgIpc) is 2.53. The highest BCUT2D eigenvalue weighted by atomic mass is 19.1. The van der Waals surface area contributed by atoms with Crippen molar-refractivity contribution in [2.24, 2.45) is 0 Å². The van der Waals surface area contributed by atoms with Gasteiger partial charge in [0.25, 0.3) is 0 Å². The number of nitrogens with zero attached hydrogens (tertiary/aromatic N) is 1. The van der Waals surface area contributed by atoms with Crippen molar-refractivity contribution in [3.63, 3.8) is 0 Å². The molecule has 0 aliphatic heterocycles. The fourth-order valence-corrected chi connectivity index (χ4v) is 2.19. The first-order valence-corrected chi connectivity index (χ1v) is 6.74. The second kappa shape index (κ2) is 6.87. The van der Waals surface area contributed by atoms with E-state index in [1.54, 1.807) is 19.2 Å². The summed E-state index contributed by atoms with van der Waals surface area (Å²) < 4.78 is 18.6. The molecule has 21 heavy (non-hydrogen) atoms. The number of rotatable bonds is 6. The summed E-state index contributed by atoms with van der Waals surface area (Å²) in [7, 11) is 1.75. The molecule has 0 aromatic heterocycles. The highest BCUT2D eigenvalue weighted by Crippen LogP contribution is 2.24. The zero-order chi connectivity index (χ0) is 15.1. The van der Waals surface area contributed by atoms with Gasteiger partial charge in [-0.1, -0.05) is 36.4 Å². The molecular weight excluding hydrogens is 267 g/mol. The first kappa shape index (κ1) is 15.0. The Morgan fingerprint density at radius 3 is 2.57 bits per heavy atom. The van der Waals surface area contributed by atoms with Gasteiger partial charge in [0.15, 0.2) is 0 Å².